The lowest BCUT2D eigenvalue weighted by Crippen LogP contribution is -2.15. The average molecular weight is 187 g/mol. The number of nitrogens with one attached hydrogen (secondary N) is 1. The highest BCUT2D eigenvalue weighted by Crippen LogP contribution is 2.06. The Hall–Kier alpha value is -0.830. The van der Waals surface area contributed by atoms with Gasteiger partial charge in [0.25, 0.3) is 5.56 Å². The van der Waals surface area contributed by atoms with Crippen LogP contribution < -0.4 is 5.56 Å². The molecule has 0 aliphatic heterocycles. The highest BCUT2D eigenvalue weighted by Gasteiger charge is 2.03. The molecular weight excluding hydrogens is 176 g/mol. The maximum atomic E-state index is 11.1. The monoisotopic (exact) mass is 186 g/mol. The van der Waals surface area contributed by atoms with Crippen molar-refractivity contribution >= 4 is 11.6 Å². The Bertz CT molecular complexity index is 319. The Balaban J connectivity index is 2.98. The van der Waals surface area contributed by atoms with Gasteiger partial charge in [0.1, 0.15) is 5.15 Å². The van der Waals surface area contributed by atoms with Crippen LogP contribution >= 0.6 is 11.6 Å². The van der Waals surface area contributed by atoms with Gasteiger partial charge in [-0.3, -0.25) is 4.79 Å². The van der Waals surface area contributed by atoms with Gasteiger partial charge in [0.05, 0.1) is 0 Å². The molecule has 0 aromatic carbocycles. The van der Waals surface area contributed by atoms with Gasteiger partial charge in [-0.2, -0.15) is 5.10 Å². The van der Waals surface area contributed by atoms with Crippen LogP contribution in [-0.4, -0.2) is 10.2 Å². The van der Waals surface area contributed by atoms with E-state index in [0.717, 1.165) is 6.42 Å². The van der Waals surface area contributed by atoms with Gasteiger partial charge in [-0.05, 0) is 18.4 Å². The quantitative estimate of drug-likeness (QED) is 0.763. The maximum Gasteiger partial charge on any atom is 0.267 e. The predicted octanol–water partition coefficient (Wildman–Crippen LogP) is 1.62. The standard InChI is InChI=1S/C8H11ClN2O/c1-5(2)3-6-4-7(9)10-11-8(6)12/h4-5H,3H2,1-2H3,(H,11,12). The molecule has 0 saturated heterocycles. The van der Waals surface area contributed by atoms with Gasteiger partial charge < -0.3 is 0 Å². The van der Waals surface area contributed by atoms with Gasteiger partial charge in [-0.15, -0.1) is 0 Å². The number of aromatic amines is 1. The summed E-state index contributed by atoms with van der Waals surface area (Å²) in [6.45, 7) is 4.10. The molecule has 1 heterocycles. The smallest absolute Gasteiger partial charge is 0.267 e. The Morgan fingerprint density at radius 1 is 1.67 bits per heavy atom. The van der Waals surface area contributed by atoms with E-state index < -0.39 is 0 Å². The first-order valence-corrected chi connectivity index (χ1v) is 4.21. The number of halogens is 1. The van der Waals surface area contributed by atoms with Crippen LogP contribution in [0.15, 0.2) is 10.9 Å². The first-order valence-electron chi connectivity index (χ1n) is 3.83. The molecule has 0 spiro atoms. The van der Waals surface area contributed by atoms with Gasteiger partial charge in [0.15, 0.2) is 0 Å². The lowest BCUT2D eigenvalue weighted by atomic mass is 10.1. The summed E-state index contributed by atoms with van der Waals surface area (Å²) in [6, 6.07) is 1.61. The third kappa shape index (κ3) is 2.34. The van der Waals surface area contributed by atoms with Crippen molar-refractivity contribution in [2.75, 3.05) is 0 Å². The van der Waals surface area contributed by atoms with Gasteiger partial charge >= 0.3 is 0 Å². The van der Waals surface area contributed by atoms with Crippen molar-refractivity contribution in [1.82, 2.24) is 10.2 Å². The molecular formula is C8H11ClN2O. The number of rotatable bonds is 2. The topological polar surface area (TPSA) is 45.8 Å². The van der Waals surface area contributed by atoms with Gasteiger partial charge in [-0.25, -0.2) is 5.10 Å². The van der Waals surface area contributed by atoms with E-state index in [9.17, 15) is 4.79 Å². The van der Waals surface area contributed by atoms with Crippen LogP contribution in [0.3, 0.4) is 0 Å². The molecule has 0 amide bonds. The van der Waals surface area contributed by atoms with Crippen molar-refractivity contribution in [3.05, 3.63) is 27.1 Å². The molecule has 0 unspecified atom stereocenters. The Morgan fingerprint density at radius 3 is 2.92 bits per heavy atom. The molecule has 12 heavy (non-hydrogen) atoms. The summed E-state index contributed by atoms with van der Waals surface area (Å²) in [7, 11) is 0. The molecule has 66 valence electrons. The van der Waals surface area contributed by atoms with Crippen molar-refractivity contribution < 1.29 is 0 Å². The molecule has 1 N–H and O–H groups in total. The molecule has 3 nitrogen and oxygen atoms in total. The van der Waals surface area contributed by atoms with Crippen molar-refractivity contribution in [3.8, 4) is 0 Å². The second-order valence-electron chi connectivity index (χ2n) is 3.14. The zero-order valence-electron chi connectivity index (χ0n) is 7.10. The highest BCUT2D eigenvalue weighted by atomic mass is 35.5. The average Bonchev–Trinajstić information content (AvgIpc) is 1.96. The Morgan fingerprint density at radius 2 is 2.33 bits per heavy atom. The zero-order chi connectivity index (χ0) is 9.14. The summed E-state index contributed by atoms with van der Waals surface area (Å²) in [5.41, 5.74) is 0.554. The first kappa shape index (κ1) is 9.26. The van der Waals surface area contributed by atoms with Crippen molar-refractivity contribution in [1.29, 1.82) is 0 Å². The predicted molar refractivity (Wildman–Crippen MR) is 48.4 cm³/mol. The molecule has 0 radical (unpaired) electrons. The van der Waals surface area contributed by atoms with E-state index in [1.54, 1.807) is 6.07 Å². The largest absolute Gasteiger partial charge is 0.268 e. The maximum absolute atomic E-state index is 11.1. The SMILES string of the molecule is CC(C)Cc1cc(Cl)n[nH]c1=O. The summed E-state index contributed by atoms with van der Waals surface area (Å²) in [4.78, 5) is 11.1. The molecule has 0 fully saturated rings. The van der Waals surface area contributed by atoms with Crippen molar-refractivity contribution in [3.63, 3.8) is 0 Å². The Kier molecular flexibility index (Phi) is 2.87. The molecule has 0 atom stereocenters. The fraction of sp³-hybridized carbons (Fsp3) is 0.500. The molecule has 0 aliphatic rings. The third-order valence-corrected chi connectivity index (χ3v) is 1.67. The summed E-state index contributed by atoms with van der Waals surface area (Å²) < 4.78 is 0. The van der Waals surface area contributed by atoms with Gasteiger partial charge in [0.2, 0.25) is 0 Å². The van der Waals surface area contributed by atoms with Crippen LogP contribution in [0, 0.1) is 5.92 Å². The number of H-pyrrole nitrogens is 1. The molecule has 1 aromatic rings. The molecule has 0 aliphatic carbocycles. The zero-order valence-corrected chi connectivity index (χ0v) is 7.85. The fourth-order valence-corrected chi connectivity index (χ4v) is 1.18. The molecule has 4 heteroatoms. The minimum absolute atomic E-state index is 0.145. The van der Waals surface area contributed by atoms with E-state index in [1.165, 1.54) is 0 Å². The summed E-state index contributed by atoms with van der Waals surface area (Å²) >= 11 is 5.62. The van der Waals surface area contributed by atoms with E-state index in [1.807, 2.05) is 13.8 Å². The minimum Gasteiger partial charge on any atom is -0.268 e. The summed E-state index contributed by atoms with van der Waals surface area (Å²) in [5, 5.41) is 6.25. The van der Waals surface area contributed by atoms with Crippen LogP contribution in [0.4, 0.5) is 0 Å². The minimum atomic E-state index is -0.145. The summed E-state index contributed by atoms with van der Waals surface area (Å²) in [6.07, 6.45) is 0.734. The fourth-order valence-electron chi connectivity index (χ4n) is 1.01. The van der Waals surface area contributed by atoms with Crippen LogP contribution in [0.1, 0.15) is 19.4 Å². The number of hydrogen-bond donors (Lipinski definition) is 1. The molecule has 0 saturated carbocycles. The van der Waals surface area contributed by atoms with E-state index in [-0.39, 0.29) is 5.56 Å². The highest BCUT2D eigenvalue weighted by molar-refractivity contribution is 6.29. The normalized spacial score (nSPS) is 10.7. The van der Waals surface area contributed by atoms with E-state index in [0.29, 0.717) is 16.6 Å². The van der Waals surface area contributed by atoms with Crippen LogP contribution in [-0.2, 0) is 6.42 Å². The van der Waals surface area contributed by atoms with E-state index in [4.69, 9.17) is 11.6 Å². The molecule has 1 rings (SSSR count). The second kappa shape index (κ2) is 3.72. The van der Waals surface area contributed by atoms with Crippen LogP contribution in [0.5, 0.6) is 0 Å². The van der Waals surface area contributed by atoms with Gasteiger partial charge in [-0.1, -0.05) is 25.4 Å². The van der Waals surface area contributed by atoms with Crippen molar-refractivity contribution in [2.45, 2.75) is 20.3 Å². The molecule has 0 bridgehead atoms. The molecule has 1 aromatic heterocycles. The van der Waals surface area contributed by atoms with E-state index >= 15 is 0 Å². The second-order valence-corrected chi connectivity index (χ2v) is 3.53. The van der Waals surface area contributed by atoms with Crippen LogP contribution in [0.2, 0.25) is 5.15 Å². The third-order valence-electron chi connectivity index (χ3n) is 1.48. The first-order chi connectivity index (χ1) is 5.59. The van der Waals surface area contributed by atoms with E-state index in [2.05, 4.69) is 10.2 Å². The summed E-state index contributed by atoms with van der Waals surface area (Å²) in [5.74, 6) is 0.449. The van der Waals surface area contributed by atoms with Gasteiger partial charge in [0, 0.05) is 5.56 Å². The lowest BCUT2D eigenvalue weighted by molar-refractivity contribution is 0.639. The number of aromatic nitrogens is 2. The van der Waals surface area contributed by atoms with Crippen molar-refractivity contribution in [2.24, 2.45) is 5.92 Å². The Labute approximate surface area is 75.8 Å². The number of hydrogen-bond acceptors (Lipinski definition) is 2. The lowest BCUT2D eigenvalue weighted by Gasteiger charge is -2.02. The van der Waals surface area contributed by atoms with Crippen LogP contribution in [0.25, 0.3) is 0 Å². The number of nitrogens with zero attached hydrogens (tertiary/aromatic N) is 1.